The Labute approximate surface area is 136 Å². The van der Waals surface area contributed by atoms with Gasteiger partial charge in [-0.2, -0.15) is 0 Å². The summed E-state index contributed by atoms with van der Waals surface area (Å²) in [7, 11) is 0. The number of para-hydroxylation sites is 1. The minimum Gasteiger partial charge on any atom is -0.409 e. The molecule has 24 heavy (non-hydrogen) atoms. The van der Waals surface area contributed by atoms with Gasteiger partial charge < -0.3 is 9.72 Å². The second kappa shape index (κ2) is 6.72. The van der Waals surface area contributed by atoms with E-state index >= 15 is 0 Å². The normalized spacial score (nSPS) is 16.1. The molecule has 1 aliphatic rings. The van der Waals surface area contributed by atoms with Gasteiger partial charge in [0.2, 0.25) is 0 Å². The van der Waals surface area contributed by atoms with Crippen LogP contribution in [0.2, 0.25) is 0 Å². The number of benzene rings is 1. The standard InChI is InChI=1S/C16H17F3N2O3/c17-9-13(21-8-7-20-15(21)22)12-3-1-2-4-14(12)24-16(18,19)23-10-11-5-6-11/h1-4,7-8,11,13H,5-6,9-10H2,(H,20,22). The molecule has 3 rings (SSSR count). The molecule has 1 unspecified atom stereocenters. The fraction of sp³-hybridized carbons (Fsp3) is 0.438. The van der Waals surface area contributed by atoms with E-state index in [-0.39, 0.29) is 23.8 Å². The molecule has 1 atom stereocenters. The molecule has 1 aromatic heterocycles. The molecule has 130 valence electrons. The van der Waals surface area contributed by atoms with E-state index in [1.165, 1.54) is 30.6 Å². The maximum atomic E-state index is 13.9. The predicted molar refractivity (Wildman–Crippen MR) is 79.9 cm³/mol. The Balaban J connectivity index is 1.83. The minimum absolute atomic E-state index is 0.0843. The summed E-state index contributed by atoms with van der Waals surface area (Å²) in [6.07, 6.45) is 0.621. The van der Waals surface area contributed by atoms with Crippen molar-refractivity contribution in [3.05, 3.63) is 52.7 Å². The summed E-state index contributed by atoms with van der Waals surface area (Å²) in [4.78, 5) is 14.1. The third-order valence-electron chi connectivity index (χ3n) is 3.85. The highest BCUT2D eigenvalue weighted by atomic mass is 19.3. The summed E-state index contributed by atoms with van der Waals surface area (Å²) in [5.41, 5.74) is -0.402. The van der Waals surface area contributed by atoms with E-state index in [4.69, 9.17) is 0 Å². The molecule has 0 radical (unpaired) electrons. The van der Waals surface area contributed by atoms with Gasteiger partial charge in [0.25, 0.3) is 0 Å². The number of H-pyrrole nitrogens is 1. The Morgan fingerprint density at radius 1 is 1.33 bits per heavy atom. The molecule has 5 nitrogen and oxygen atoms in total. The molecule has 0 aliphatic heterocycles. The Bertz CT molecular complexity index is 740. The number of rotatable bonds is 8. The zero-order valence-corrected chi connectivity index (χ0v) is 12.8. The number of hydrogen-bond donors (Lipinski definition) is 1. The maximum Gasteiger partial charge on any atom is 0.535 e. The first-order valence-electron chi connectivity index (χ1n) is 7.61. The third-order valence-corrected chi connectivity index (χ3v) is 3.85. The summed E-state index contributed by atoms with van der Waals surface area (Å²) in [6, 6.07) is 4.72. The molecule has 0 amide bonds. The van der Waals surface area contributed by atoms with Crippen LogP contribution in [0.15, 0.2) is 41.5 Å². The van der Waals surface area contributed by atoms with E-state index in [1.807, 2.05) is 0 Å². The van der Waals surface area contributed by atoms with Crippen molar-refractivity contribution >= 4 is 0 Å². The highest BCUT2D eigenvalue weighted by Gasteiger charge is 2.38. The monoisotopic (exact) mass is 342 g/mol. The number of alkyl halides is 3. The highest BCUT2D eigenvalue weighted by Crippen LogP contribution is 2.34. The Morgan fingerprint density at radius 3 is 2.71 bits per heavy atom. The number of nitrogens with zero attached hydrogens (tertiary/aromatic N) is 1. The molecule has 2 aromatic rings. The molecular formula is C16H17F3N2O3. The van der Waals surface area contributed by atoms with Crippen molar-refractivity contribution in [1.82, 2.24) is 9.55 Å². The topological polar surface area (TPSA) is 56.2 Å². The molecule has 8 heteroatoms. The first kappa shape index (κ1) is 16.6. The van der Waals surface area contributed by atoms with E-state index in [0.717, 1.165) is 17.4 Å². The molecular weight excluding hydrogens is 325 g/mol. The number of ether oxygens (including phenoxy) is 2. The van der Waals surface area contributed by atoms with Crippen molar-refractivity contribution in [2.45, 2.75) is 25.2 Å². The van der Waals surface area contributed by atoms with Crippen LogP contribution in [-0.4, -0.2) is 29.1 Å². The van der Waals surface area contributed by atoms with Gasteiger partial charge in [-0.05, 0) is 24.8 Å². The van der Waals surface area contributed by atoms with Crippen molar-refractivity contribution in [3.63, 3.8) is 0 Å². The minimum atomic E-state index is -3.82. The number of hydrogen-bond acceptors (Lipinski definition) is 3. The van der Waals surface area contributed by atoms with Crippen molar-refractivity contribution in [3.8, 4) is 5.75 Å². The number of aromatic amines is 1. The predicted octanol–water partition coefficient (Wildman–Crippen LogP) is 3.09. The highest BCUT2D eigenvalue weighted by molar-refractivity contribution is 5.36. The van der Waals surface area contributed by atoms with E-state index in [2.05, 4.69) is 14.5 Å². The molecule has 0 saturated heterocycles. The van der Waals surface area contributed by atoms with Gasteiger partial charge in [0, 0.05) is 18.0 Å². The lowest BCUT2D eigenvalue weighted by Crippen LogP contribution is -2.31. The first-order valence-corrected chi connectivity index (χ1v) is 7.61. The van der Waals surface area contributed by atoms with Gasteiger partial charge in [-0.25, -0.2) is 9.18 Å². The molecule has 0 bridgehead atoms. The van der Waals surface area contributed by atoms with Gasteiger partial charge >= 0.3 is 12.0 Å². The fourth-order valence-corrected chi connectivity index (χ4v) is 2.39. The van der Waals surface area contributed by atoms with Crippen LogP contribution in [-0.2, 0) is 4.74 Å². The third kappa shape index (κ3) is 3.81. The van der Waals surface area contributed by atoms with Crippen LogP contribution in [0.4, 0.5) is 13.2 Å². The van der Waals surface area contributed by atoms with Crippen LogP contribution in [0.3, 0.4) is 0 Å². The second-order valence-corrected chi connectivity index (χ2v) is 5.70. The fourth-order valence-electron chi connectivity index (χ4n) is 2.39. The van der Waals surface area contributed by atoms with E-state index in [0.29, 0.717) is 0 Å². The largest absolute Gasteiger partial charge is 0.535 e. The van der Waals surface area contributed by atoms with E-state index in [9.17, 15) is 18.0 Å². The average molecular weight is 342 g/mol. The summed E-state index contributed by atoms with van der Waals surface area (Å²) in [5.74, 6) is -0.0826. The zero-order valence-electron chi connectivity index (χ0n) is 12.8. The van der Waals surface area contributed by atoms with Crippen molar-refractivity contribution in [2.24, 2.45) is 5.92 Å². The van der Waals surface area contributed by atoms with Crippen LogP contribution < -0.4 is 10.4 Å². The zero-order chi connectivity index (χ0) is 17.2. The second-order valence-electron chi connectivity index (χ2n) is 5.70. The molecule has 1 aliphatic carbocycles. The Morgan fingerprint density at radius 2 is 2.08 bits per heavy atom. The number of imidazole rings is 1. The molecule has 1 fully saturated rings. The van der Waals surface area contributed by atoms with Crippen molar-refractivity contribution in [2.75, 3.05) is 13.3 Å². The Kier molecular flexibility index (Phi) is 4.66. The molecule has 1 saturated carbocycles. The lowest BCUT2D eigenvalue weighted by molar-refractivity contribution is -0.354. The van der Waals surface area contributed by atoms with Gasteiger partial charge in [-0.3, -0.25) is 9.30 Å². The van der Waals surface area contributed by atoms with Gasteiger partial charge in [-0.15, -0.1) is 8.78 Å². The Hall–Kier alpha value is -2.22. The first-order chi connectivity index (χ1) is 11.5. The lowest BCUT2D eigenvalue weighted by atomic mass is 10.1. The molecule has 0 spiro atoms. The lowest BCUT2D eigenvalue weighted by Gasteiger charge is -2.22. The summed E-state index contributed by atoms with van der Waals surface area (Å²) in [6.45, 7) is -1.04. The number of aromatic nitrogens is 2. The van der Waals surface area contributed by atoms with Gasteiger partial charge in [0.05, 0.1) is 12.6 Å². The quantitative estimate of drug-likeness (QED) is 0.750. The van der Waals surface area contributed by atoms with Crippen LogP contribution in [0.5, 0.6) is 5.75 Å². The van der Waals surface area contributed by atoms with Crippen LogP contribution in [0, 0.1) is 5.92 Å². The summed E-state index contributed by atoms with van der Waals surface area (Å²) >= 11 is 0. The van der Waals surface area contributed by atoms with Crippen molar-refractivity contribution < 1.29 is 22.6 Å². The van der Waals surface area contributed by atoms with E-state index in [1.54, 1.807) is 6.07 Å². The summed E-state index contributed by atoms with van der Waals surface area (Å²) < 4.78 is 51.5. The average Bonchev–Trinajstić information content (AvgIpc) is 3.30. The molecule has 1 heterocycles. The maximum absolute atomic E-state index is 13.9. The molecule has 1 N–H and O–H groups in total. The van der Waals surface area contributed by atoms with Gasteiger partial charge in [0.15, 0.2) is 0 Å². The number of halogens is 3. The van der Waals surface area contributed by atoms with E-state index < -0.39 is 24.7 Å². The summed E-state index contributed by atoms with van der Waals surface area (Å²) in [5, 5.41) is 0. The number of nitrogens with one attached hydrogen (secondary N) is 1. The van der Waals surface area contributed by atoms with Crippen molar-refractivity contribution in [1.29, 1.82) is 0 Å². The SMILES string of the molecule is O=c1[nH]ccn1C(CF)c1ccccc1OC(F)(F)OCC1CC1. The van der Waals surface area contributed by atoms with Gasteiger partial charge in [-0.1, -0.05) is 18.2 Å². The van der Waals surface area contributed by atoms with Crippen LogP contribution in [0.25, 0.3) is 0 Å². The smallest absolute Gasteiger partial charge is 0.409 e. The molecule has 1 aromatic carbocycles. The van der Waals surface area contributed by atoms with Crippen LogP contribution >= 0.6 is 0 Å². The van der Waals surface area contributed by atoms with Crippen LogP contribution in [0.1, 0.15) is 24.4 Å². The van der Waals surface area contributed by atoms with Gasteiger partial charge in [0.1, 0.15) is 12.4 Å².